The molecule has 0 atom stereocenters. The van der Waals surface area contributed by atoms with Crippen LogP contribution in [0.4, 0.5) is 0 Å². The Morgan fingerprint density at radius 1 is 1.28 bits per heavy atom. The third-order valence-electron chi connectivity index (χ3n) is 2.81. The van der Waals surface area contributed by atoms with E-state index in [4.69, 9.17) is 13.9 Å². The molecule has 1 aromatic carbocycles. The first-order chi connectivity index (χ1) is 8.81. The molecule has 1 aromatic rings. The van der Waals surface area contributed by atoms with E-state index in [1.165, 1.54) is 11.1 Å². The van der Waals surface area contributed by atoms with Crippen LogP contribution >= 0.6 is 0 Å². The summed E-state index contributed by atoms with van der Waals surface area (Å²) in [5.41, 5.74) is 2.48. The summed E-state index contributed by atoms with van der Waals surface area (Å²) >= 11 is 0. The molecule has 0 saturated heterocycles. The first kappa shape index (κ1) is 15.1. The maximum absolute atomic E-state index is 5.72. The Hall–Kier alpha value is -0.943. The van der Waals surface area contributed by atoms with Gasteiger partial charge in [-0.15, -0.1) is 0 Å². The average molecular weight is 266 g/mol. The zero-order valence-corrected chi connectivity index (χ0v) is 12.6. The van der Waals surface area contributed by atoms with Crippen LogP contribution < -0.4 is 0 Å². The van der Waals surface area contributed by atoms with Gasteiger partial charge in [-0.1, -0.05) is 36.9 Å². The lowest BCUT2D eigenvalue weighted by molar-refractivity contribution is -0.0888. The van der Waals surface area contributed by atoms with Crippen molar-refractivity contribution in [2.75, 3.05) is 20.8 Å². The fraction of sp³-hybridized carbons (Fsp3) is 0.429. The number of methoxy groups -OCH3 is 2. The van der Waals surface area contributed by atoms with Crippen LogP contribution in [-0.4, -0.2) is 36.9 Å². The molecule has 4 heteroatoms. The van der Waals surface area contributed by atoms with Gasteiger partial charge in [-0.05, 0) is 17.5 Å². The summed E-state index contributed by atoms with van der Waals surface area (Å²) in [6.45, 7) is 4.58. The van der Waals surface area contributed by atoms with E-state index >= 15 is 0 Å². The highest BCUT2D eigenvalue weighted by Gasteiger charge is 2.05. The molecule has 100 valence electrons. The van der Waals surface area contributed by atoms with Crippen LogP contribution in [0.5, 0.6) is 0 Å². The average Bonchev–Trinajstić information content (AvgIpc) is 2.43. The predicted molar refractivity (Wildman–Crippen MR) is 77.3 cm³/mol. The molecule has 0 aliphatic heterocycles. The molecule has 0 unspecified atom stereocenters. The third-order valence-corrected chi connectivity index (χ3v) is 4.10. The molecule has 0 aliphatic carbocycles. The predicted octanol–water partition coefficient (Wildman–Crippen LogP) is 2.01. The van der Waals surface area contributed by atoms with Gasteiger partial charge in [-0.25, -0.2) is 0 Å². The number of ether oxygens (including phenoxy) is 2. The molecule has 0 N–H and O–H groups in total. The van der Waals surface area contributed by atoms with E-state index in [-0.39, 0.29) is 6.29 Å². The van der Waals surface area contributed by atoms with Gasteiger partial charge >= 0.3 is 0 Å². The zero-order chi connectivity index (χ0) is 13.2. The van der Waals surface area contributed by atoms with Gasteiger partial charge in [0.25, 0.3) is 0 Å². The van der Waals surface area contributed by atoms with Crippen LogP contribution in [0.25, 0.3) is 6.08 Å². The van der Waals surface area contributed by atoms with Gasteiger partial charge in [-0.3, -0.25) is 0 Å². The van der Waals surface area contributed by atoms with Crippen LogP contribution in [0.15, 0.2) is 30.8 Å². The minimum absolute atomic E-state index is 0.114. The molecule has 0 amide bonds. The van der Waals surface area contributed by atoms with E-state index in [1.54, 1.807) is 14.2 Å². The SMILES string of the molecule is C=Cc1ccccc1CCO[SiH2]CC(OC)OC. The quantitative estimate of drug-likeness (QED) is 0.389. The van der Waals surface area contributed by atoms with Crippen molar-refractivity contribution < 1.29 is 13.9 Å². The Labute approximate surface area is 112 Å². The molecule has 0 aliphatic rings. The van der Waals surface area contributed by atoms with Gasteiger partial charge in [0.2, 0.25) is 0 Å². The van der Waals surface area contributed by atoms with Crippen LogP contribution in [-0.2, 0) is 20.3 Å². The standard InChI is InChI=1S/C14H22O3Si/c1-4-12-7-5-6-8-13(12)9-10-17-18-11-14(15-2)16-3/h4-8,14H,1,9-11,18H2,2-3H3. The number of hydrogen-bond donors (Lipinski definition) is 0. The molecular formula is C14H22O3Si. The lowest BCUT2D eigenvalue weighted by Crippen LogP contribution is -2.17. The Kier molecular flexibility index (Phi) is 7.60. The van der Waals surface area contributed by atoms with Crippen molar-refractivity contribution in [2.24, 2.45) is 0 Å². The molecule has 0 bridgehead atoms. The lowest BCUT2D eigenvalue weighted by atomic mass is 10.1. The van der Waals surface area contributed by atoms with Crippen molar-refractivity contribution >= 4 is 15.8 Å². The molecular weight excluding hydrogens is 244 g/mol. The highest BCUT2D eigenvalue weighted by molar-refractivity contribution is 6.27. The normalized spacial score (nSPS) is 11.5. The minimum atomic E-state index is -0.568. The number of hydrogen-bond acceptors (Lipinski definition) is 3. The second-order valence-electron chi connectivity index (χ2n) is 3.95. The number of rotatable bonds is 9. The van der Waals surface area contributed by atoms with E-state index in [2.05, 4.69) is 18.7 Å². The summed E-state index contributed by atoms with van der Waals surface area (Å²) < 4.78 is 16.0. The topological polar surface area (TPSA) is 27.7 Å². The summed E-state index contributed by atoms with van der Waals surface area (Å²) in [5.74, 6) is 0. The Morgan fingerprint density at radius 2 is 2.00 bits per heavy atom. The van der Waals surface area contributed by atoms with Crippen LogP contribution in [0.2, 0.25) is 6.04 Å². The van der Waals surface area contributed by atoms with Crippen molar-refractivity contribution in [2.45, 2.75) is 18.8 Å². The molecule has 3 nitrogen and oxygen atoms in total. The number of benzene rings is 1. The van der Waals surface area contributed by atoms with Crippen molar-refractivity contribution in [3.63, 3.8) is 0 Å². The fourth-order valence-corrected chi connectivity index (χ4v) is 2.94. The van der Waals surface area contributed by atoms with Gasteiger partial charge in [-0.2, -0.15) is 0 Å². The zero-order valence-electron chi connectivity index (χ0n) is 11.2. The first-order valence-electron chi connectivity index (χ1n) is 6.15. The molecule has 0 fully saturated rings. The molecule has 0 heterocycles. The smallest absolute Gasteiger partial charge is 0.166 e. The molecule has 0 radical (unpaired) electrons. The van der Waals surface area contributed by atoms with E-state index in [9.17, 15) is 0 Å². The summed E-state index contributed by atoms with van der Waals surface area (Å²) in [6.07, 6.45) is 2.70. The summed E-state index contributed by atoms with van der Waals surface area (Å²) in [5, 5.41) is 0. The minimum Gasteiger partial charge on any atom is -0.423 e. The van der Waals surface area contributed by atoms with Crippen LogP contribution in [0.3, 0.4) is 0 Å². The van der Waals surface area contributed by atoms with E-state index in [1.807, 2.05) is 18.2 Å². The van der Waals surface area contributed by atoms with Gasteiger partial charge in [0.15, 0.2) is 16.1 Å². The van der Waals surface area contributed by atoms with Crippen molar-refractivity contribution in [3.8, 4) is 0 Å². The third kappa shape index (κ3) is 5.14. The molecule has 0 aromatic heterocycles. The van der Waals surface area contributed by atoms with Crippen molar-refractivity contribution in [1.82, 2.24) is 0 Å². The van der Waals surface area contributed by atoms with Gasteiger partial charge < -0.3 is 13.9 Å². The fourth-order valence-electron chi connectivity index (χ4n) is 1.76. The maximum atomic E-state index is 5.72. The lowest BCUT2D eigenvalue weighted by Gasteiger charge is -2.13. The van der Waals surface area contributed by atoms with E-state index < -0.39 is 9.76 Å². The van der Waals surface area contributed by atoms with Crippen molar-refractivity contribution in [3.05, 3.63) is 42.0 Å². The molecule has 18 heavy (non-hydrogen) atoms. The largest absolute Gasteiger partial charge is 0.423 e. The highest BCUT2D eigenvalue weighted by atomic mass is 28.2. The Bertz CT molecular complexity index is 351. The summed E-state index contributed by atoms with van der Waals surface area (Å²) in [4.78, 5) is 0. The van der Waals surface area contributed by atoms with Gasteiger partial charge in [0.1, 0.15) is 0 Å². The van der Waals surface area contributed by atoms with Crippen LogP contribution in [0.1, 0.15) is 11.1 Å². The van der Waals surface area contributed by atoms with E-state index in [0.29, 0.717) is 0 Å². The van der Waals surface area contributed by atoms with Crippen molar-refractivity contribution in [1.29, 1.82) is 0 Å². The highest BCUT2D eigenvalue weighted by Crippen LogP contribution is 2.10. The van der Waals surface area contributed by atoms with Gasteiger partial charge in [0, 0.05) is 26.9 Å². The second-order valence-corrected chi connectivity index (χ2v) is 5.35. The molecule has 1 rings (SSSR count). The summed E-state index contributed by atoms with van der Waals surface area (Å²) in [7, 11) is 2.74. The van der Waals surface area contributed by atoms with Crippen LogP contribution in [0, 0.1) is 0 Å². The summed E-state index contributed by atoms with van der Waals surface area (Å²) in [6, 6.07) is 9.15. The molecule has 0 spiro atoms. The second kappa shape index (κ2) is 9.05. The Balaban J connectivity index is 2.23. The monoisotopic (exact) mass is 266 g/mol. The first-order valence-corrected chi connectivity index (χ1v) is 7.73. The van der Waals surface area contributed by atoms with E-state index in [0.717, 1.165) is 19.1 Å². The maximum Gasteiger partial charge on any atom is 0.166 e. The molecule has 0 saturated carbocycles. The Morgan fingerprint density at radius 3 is 2.67 bits per heavy atom. The van der Waals surface area contributed by atoms with Gasteiger partial charge in [0.05, 0.1) is 0 Å².